The molecule has 0 amide bonds. The minimum Gasteiger partial charge on any atom is -0.469 e. The fourth-order valence-electron chi connectivity index (χ4n) is 2.30. The number of piperidine rings is 1. The number of rotatable bonds is 2. The minimum atomic E-state index is -0.110. The molecule has 1 aromatic carbocycles. The van der Waals surface area contributed by atoms with Crippen LogP contribution in [0.15, 0.2) is 30.3 Å². The average Bonchev–Trinajstić information content (AvgIpc) is 2.39. The number of hydrogen-bond donors (Lipinski definition) is 1. The number of hydrogen-bond acceptors (Lipinski definition) is 3. The van der Waals surface area contributed by atoms with Gasteiger partial charge in [0.1, 0.15) is 0 Å². The molecule has 2 atom stereocenters. The summed E-state index contributed by atoms with van der Waals surface area (Å²) in [6, 6.07) is 10.2. The Kier molecular flexibility index (Phi) is 5.45. The van der Waals surface area contributed by atoms with Crippen molar-refractivity contribution in [2.45, 2.75) is 18.9 Å². The number of halogens is 1. The van der Waals surface area contributed by atoms with Gasteiger partial charge in [-0.2, -0.15) is 0 Å². The average molecular weight is 256 g/mol. The third-order valence-corrected chi connectivity index (χ3v) is 3.12. The molecule has 0 radical (unpaired) electrons. The summed E-state index contributed by atoms with van der Waals surface area (Å²) >= 11 is 0. The fraction of sp³-hybridized carbons (Fsp3) is 0.462. The van der Waals surface area contributed by atoms with Gasteiger partial charge in [0.2, 0.25) is 0 Å². The molecule has 0 saturated carbocycles. The van der Waals surface area contributed by atoms with Crippen molar-refractivity contribution in [3.63, 3.8) is 0 Å². The van der Waals surface area contributed by atoms with Gasteiger partial charge in [-0.05, 0) is 24.9 Å². The molecular weight excluding hydrogens is 238 g/mol. The summed E-state index contributed by atoms with van der Waals surface area (Å²) in [5.41, 5.74) is 1.16. The zero-order valence-electron chi connectivity index (χ0n) is 9.89. The van der Waals surface area contributed by atoms with Gasteiger partial charge in [-0.25, -0.2) is 0 Å². The van der Waals surface area contributed by atoms with E-state index in [4.69, 9.17) is 4.74 Å². The third kappa shape index (κ3) is 3.20. The van der Waals surface area contributed by atoms with Crippen molar-refractivity contribution in [3.05, 3.63) is 35.9 Å². The van der Waals surface area contributed by atoms with Gasteiger partial charge in [0.15, 0.2) is 0 Å². The first-order valence-corrected chi connectivity index (χ1v) is 5.69. The molecule has 0 unspecified atom stereocenters. The molecule has 0 aromatic heterocycles. The van der Waals surface area contributed by atoms with Crippen LogP contribution in [0.2, 0.25) is 0 Å². The molecule has 1 aliphatic rings. The standard InChI is InChI=1S/C13H17NO2.ClH/c1-16-13(15)11-8-5-9-14-12(11)10-6-3-2-4-7-10;/h2-4,6-7,11-12,14H,5,8-9H2,1H3;1H/t11-,12-;/m1./s1. The van der Waals surface area contributed by atoms with Gasteiger partial charge in [-0.3, -0.25) is 4.79 Å². The molecule has 2 rings (SSSR count). The molecule has 94 valence electrons. The van der Waals surface area contributed by atoms with Gasteiger partial charge in [0.25, 0.3) is 0 Å². The van der Waals surface area contributed by atoms with Gasteiger partial charge in [-0.15, -0.1) is 12.4 Å². The van der Waals surface area contributed by atoms with E-state index in [0.29, 0.717) is 0 Å². The molecule has 1 aromatic rings. The molecule has 1 aliphatic heterocycles. The first-order chi connectivity index (χ1) is 7.83. The van der Waals surface area contributed by atoms with E-state index in [0.717, 1.165) is 24.9 Å². The normalized spacial score (nSPS) is 23.6. The summed E-state index contributed by atoms with van der Waals surface area (Å²) in [4.78, 5) is 11.7. The maximum absolute atomic E-state index is 11.7. The third-order valence-electron chi connectivity index (χ3n) is 3.12. The van der Waals surface area contributed by atoms with E-state index in [2.05, 4.69) is 17.4 Å². The van der Waals surface area contributed by atoms with Crippen LogP contribution in [0.1, 0.15) is 24.4 Å². The largest absolute Gasteiger partial charge is 0.469 e. The molecule has 3 nitrogen and oxygen atoms in total. The predicted octanol–water partition coefficient (Wildman–Crippen LogP) is 2.32. The number of carbonyl (C=O) groups is 1. The predicted molar refractivity (Wildman–Crippen MR) is 69.2 cm³/mol. The van der Waals surface area contributed by atoms with Crippen molar-refractivity contribution in [1.82, 2.24) is 5.32 Å². The Hall–Kier alpha value is -1.06. The zero-order valence-corrected chi connectivity index (χ0v) is 10.7. The van der Waals surface area contributed by atoms with Crippen molar-refractivity contribution in [3.8, 4) is 0 Å². The maximum atomic E-state index is 11.7. The highest BCUT2D eigenvalue weighted by molar-refractivity contribution is 5.85. The zero-order chi connectivity index (χ0) is 11.4. The van der Waals surface area contributed by atoms with E-state index in [1.54, 1.807) is 0 Å². The number of carbonyl (C=O) groups excluding carboxylic acids is 1. The van der Waals surface area contributed by atoms with Crippen molar-refractivity contribution < 1.29 is 9.53 Å². The monoisotopic (exact) mass is 255 g/mol. The van der Waals surface area contributed by atoms with Crippen LogP contribution in [0.25, 0.3) is 0 Å². The Labute approximate surface area is 108 Å². The van der Waals surface area contributed by atoms with Crippen LogP contribution in [0.5, 0.6) is 0 Å². The van der Waals surface area contributed by atoms with Crippen LogP contribution in [0, 0.1) is 5.92 Å². The highest BCUT2D eigenvalue weighted by Gasteiger charge is 2.32. The van der Waals surface area contributed by atoms with E-state index in [9.17, 15) is 4.79 Å². The molecule has 1 N–H and O–H groups in total. The molecule has 0 spiro atoms. The van der Waals surface area contributed by atoms with Crippen molar-refractivity contribution in [2.75, 3.05) is 13.7 Å². The van der Waals surface area contributed by atoms with Crippen molar-refractivity contribution in [1.29, 1.82) is 0 Å². The quantitative estimate of drug-likeness (QED) is 0.825. The van der Waals surface area contributed by atoms with Crippen LogP contribution < -0.4 is 5.32 Å². The minimum absolute atomic E-state index is 0. The van der Waals surface area contributed by atoms with Crippen molar-refractivity contribution >= 4 is 18.4 Å². The van der Waals surface area contributed by atoms with E-state index in [1.165, 1.54) is 7.11 Å². The summed E-state index contributed by atoms with van der Waals surface area (Å²) in [5.74, 6) is -0.165. The summed E-state index contributed by atoms with van der Waals surface area (Å²) < 4.78 is 4.86. The first kappa shape index (κ1) is 14.0. The molecule has 1 saturated heterocycles. The lowest BCUT2D eigenvalue weighted by atomic mass is 9.86. The van der Waals surface area contributed by atoms with Gasteiger partial charge >= 0.3 is 5.97 Å². The number of benzene rings is 1. The van der Waals surface area contributed by atoms with E-state index >= 15 is 0 Å². The molecule has 1 heterocycles. The molecular formula is C13H18ClNO2. The summed E-state index contributed by atoms with van der Waals surface area (Å²) in [6.45, 7) is 0.965. The Morgan fingerprint density at radius 2 is 2.06 bits per heavy atom. The Morgan fingerprint density at radius 3 is 2.71 bits per heavy atom. The molecule has 0 bridgehead atoms. The maximum Gasteiger partial charge on any atom is 0.310 e. The summed E-state index contributed by atoms with van der Waals surface area (Å²) in [7, 11) is 1.46. The molecule has 4 heteroatoms. The van der Waals surface area contributed by atoms with E-state index < -0.39 is 0 Å². The summed E-state index contributed by atoms with van der Waals surface area (Å²) in [6.07, 6.45) is 1.93. The fourth-order valence-corrected chi connectivity index (χ4v) is 2.30. The second-order valence-electron chi connectivity index (χ2n) is 4.11. The number of nitrogens with one attached hydrogen (secondary N) is 1. The lowest BCUT2D eigenvalue weighted by Gasteiger charge is -2.31. The molecule has 17 heavy (non-hydrogen) atoms. The molecule has 0 aliphatic carbocycles. The van der Waals surface area contributed by atoms with Gasteiger partial charge in [0, 0.05) is 6.04 Å². The smallest absolute Gasteiger partial charge is 0.310 e. The van der Waals surface area contributed by atoms with E-state index in [-0.39, 0.29) is 30.3 Å². The van der Waals surface area contributed by atoms with Crippen molar-refractivity contribution in [2.24, 2.45) is 5.92 Å². The van der Waals surface area contributed by atoms with Crippen LogP contribution in [0.3, 0.4) is 0 Å². The Bertz CT molecular complexity index is 356. The summed E-state index contributed by atoms with van der Waals surface area (Å²) in [5, 5.41) is 3.40. The first-order valence-electron chi connectivity index (χ1n) is 5.69. The van der Waals surface area contributed by atoms with E-state index in [1.807, 2.05) is 18.2 Å². The number of ether oxygens (including phenoxy) is 1. The van der Waals surface area contributed by atoms with Gasteiger partial charge in [-0.1, -0.05) is 30.3 Å². The number of methoxy groups -OCH3 is 1. The van der Waals surface area contributed by atoms with Crippen LogP contribution in [-0.2, 0) is 9.53 Å². The topological polar surface area (TPSA) is 38.3 Å². The van der Waals surface area contributed by atoms with Crippen LogP contribution in [0.4, 0.5) is 0 Å². The Morgan fingerprint density at radius 1 is 1.35 bits per heavy atom. The molecule has 1 fully saturated rings. The highest BCUT2D eigenvalue weighted by atomic mass is 35.5. The second-order valence-corrected chi connectivity index (χ2v) is 4.11. The van der Waals surface area contributed by atoms with Crippen LogP contribution in [-0.4, -0.2) is 19.6 Å². The van der Waals surface area contributed by atoms with Crippen LogP contribution >= 0.6 is 12.4 Å². The Balaban J connectivity index is 0.00000144. The SMILES string of the molecule is COC(=O)[C@@H]1CCCN[C@@H]1c1ccccc1.Cl. The lowest BCUT2D eigenvalue weighted by Crippen LogP contribution is -2.38. The second kappa shape index (κ2) is 6.62. The highest BCUT2D eigenvalue weighted by Crippen LogP contribution is 2.29. The van der Waals surface area contributed by atoms with Gasteiger partial charge < -0.3 is 10.1 Å². The number of esters is 1. The van der Waals surface area contributed by atoms with Gasteiger partial charge in [0.05, 0.1) is 13.0 Å². The lowest BCUT2D eigenvalue weighted by molar-refractivity contribution is -0.147.